The van der Waals surface area contributed by atoms with Gasteiger partial charge in [0.05, 0.1) is 0 Å². The fraction of sp³-hybridized carbons (Fsp3) is 0.600. The Hall–Kier alpha value is -0.660. The second-order valence-corrected chi connectivity index (χ2v) is 1.27. The van der Waals surface area contributed by atoms with Crippen LogP contribution in [0.1, 0.15) is 19.8 Å². The Labute approximate surface area is 42.8 Å². The van der Waals surface area contributed by atoms with Crippen molar-refractivity contribution in [1.82, 2.24) is 0 Å². The van der Waals surface area contributed by atoms with Crippen LogP contribution in [-0.2, 0) is 9.22 Å². The molecular formula is C5H9O2+. The van der Waals surface area contributed by atoms with E-state index in [4.69, 9.17) is 0 Å². The van der Waals surface area contributed by atoms with Gasteiger partial charge in [0.25, 0.3) is 0 Å². The van der Waals surface area contributed by atoms with E-state index in [9.17, 15) is 4.79 Å². The summed E-state index contributed by atoms with van der Waals surface area (Å²) in [5.74, 6) is -0.234. The van der Waals surface area contributed by atoms with E-state index in [0.717, 1.165) is 6.42 Å². The van der Waals surface area contributed by atoms with Gasteiger partial charge in [0, 0.05) is 4.79 Å². The fourth-order valence-electron chi connectivity index (χ4n) is 0.276. The Morgan fingerprint density at radius 1 is 1.86 bits per heavy atom. The van der Waals surface area contributed by atoms with Crippen LogP contribution in [0.25, 0.3) is 0 Å². The van der Waals surface area contributed by atoms with E-state index in [1.165, 1.54) is 0 Å². The van der Waals surface area contributed by atoms with Crippen LogP contribution in [0.3, 0.4) is 0 Å². The van der Waals surface area contributed by atoms with Crippen LogP contribution >= 0.6 is 0 Å². The van der Waals surface area contributed by atoms with Gasteiger partial charge in [-0.3, -0.25) is 4.42 Å². The smallest absolute Gasteiger partial charge is 0.288 e. The number of carbonyl (C=O) groups is 1. The molecule has 0 saturated heterocycles. The van der Waals surface area contributed by atoms with E-state index in [1.807, 2.05) is 6.92 Å². The minimum Gasteiger partial charge on any atom is -0.288 e. The zero-order chi connectivity index (χ0) is 5.70. The maximum atomic E-state index is 10.1. The van der Waals surface area contributed by atoms with Gasteiger partial charge in [-0.2, -0.15) is 0 Å². The van der Waals surface area contributed by atoms with E-state index in [0.29, 0.717) is 6.42 Å². The van der Waals surface area contributed by atoms with Gasteiger partial charge in [-0.25, -0.2) is 0 Å². The van der Waals surface area contributed by atoms with Crippen molar-refractivity contribution < 1.29 is 9.22 Å². The zero-order valence-corrected chi connectivity index (χ0v) is 4.44. The van der Waals surface area contributed by atoms with Gasteiger partial charge in [-0.1, -0.05) is 6.92 Å². The van der Waals surface area contributed by atoms with Crippen molar-refractivity contribution in [1.29, 1.82) is 0 Å². The lowest BCUT2D eigenvalue weighted by atomic mass is 10.3. The SMILES string of the molecule is C=[O+]C(=O)CCC. The van der Waals surface area contributed by atoms with E-state index in [2.05, 4.69) is 11.2 Å². The molecule has 0 heterocycles. The lowest BCUT2D eigenvalue weighted by Crippen LogP contribution is -1.93. The molecule has 2 nitrogen and oxygen atoms in total. The Morgan fingerprint density at radius 2 is 2.43 bits per heavy atom. The molecular weight excluding hydrogens is 92.1 g/mol. The van der Waals surface area contributed by atoms with Crippen molar-refractivity contribution in [3.8, 4) is 0 Å². The third-order valence-electron chi connectivity index (χ3n) is 0.615. The Kier molecular flexibility index (Phi) is 3.19. The minimum atomic E-state index is -0.234. The van der Waals surface area contributed by atoms with E-state index in [-0.39, 0.29) is 5.97 Å². The summed E-state index contributed by atoms with van der Waals surface area (Å²) < 4.78 is 4.10. The van der Waals surface area contributed by atoms with Gasteiger partial charge in [-0.15, -0.1) is 0 Å². The molecule has 0 atom stereocenters. The van der Waals surface area contributed by atoms with Crippen LogP contribution < -0.4 is 0 Å². The normalized spacial score (nSPS) is 8.14. The number of hydrogen-bond donors (Lipinski definition) is 0. The van der Waals surface area contributed by atoms with Gasteiger partial charge < -0.3 is 0 Å². The molecule has 40 valence electrons. The van der Waals surface area contributed by atoms with Crippen molar-refractivity contribution in [3.63, 3.8) is 0 Å². The summed E-state index contributed by atoms with van der Waals surface area (Å²) in [4.78, 5) is 10.1. The standard InChI is InChI=1S/C5H9O2/c1-3-4-5(6)7-2/h2-4H2,1H3/q+1. The molecule has 0 aliphatic carbocycles. The van der Waals surface area contributed by atoms with Crippen LogP contribution in [0.4, 0.5) is 0 Å². The Balaban J connectivity index is 3.17. The molecule has 0 aliphatic heterocycles. The predicted molar refractivity (Wildman–Crippen MR) is 27.0 cm³/mol. The highest BCUT2D eigenvalue weighted by atomic mass is 16.4. The summed E-state index contributed by atoms with van der Waals surface area (Å²) in [6.45, 7) is 4.87. The lowest BCUT2D eigenvalue weighted by Gasteiger charge is -1.71. The molecule has 0 amide bonds. The minimum absolute atomic E-state index is 0.234. The number of rotatable bonds is 2. The summed E-state index contributed by atoms with van der Waals surface area (Å²) in [6, 6.07) is 0. The molecule has 0 bridgehead atoms. The third-order valence-corrected chi connectivity index (χ3v) is 0.615. The largest absolute Gasteiger partial charge is 0.579 e. The number of carbonyl (C=O) groups excluding carboxylic acids is 2. The fourth-order valence-corrected chi connectivity index (χ4v) is 0.276. The monoisotopic (exact) mass is 101 g/mol. The number of hydrogen-bond acceptors (Lipinski definition) is 1. The molecule has 7 heavy (non-hydrogen) atoms. The molecule has 0 radical (unpaired) electrons. The highest BCUT2D eigenvalue weighted by Crippen LogP contribution is 1.84. The van der Waals surface area contributed by atoms with Crippen LogP contribution in [-0.4, -0.2) is 12.8 Å². The van der Waals surface area contributed by atoms with Crippen LogP contribution in [0.2, 0.25) is 0 Å². The first-order valence-electron chi connectivity index (χ1n) is 2.26. The first-order chi connectivity index (χ1) is 3.31. The maximum absolute atomic E-state index is 10.1. The molecule has 0 fully saturated rings. The van der Waals surface area contributed by atoms with Gasteiger partial charge in [-0.05, 0) is 6.42 Å². The molecule has 0 aromatic heterocycles. The molecule has 0 aliphatic rings. The summed E-state index contributed by atoms with van der Waals surface area (Å²) in [5, 5.41) is 0. The van der Waals surface area contributed by atoms with Crippen LogP contribution in [0.5, 0.6) is 0 Å². The molecule has 0 unspecified atom stereocenters. The second-order valence-electron chi connectivity index (χ2n) is 1.27. The second kappa shape index (κ2) is 3.53. The van der Waals surface area contributed by atoms with Crippen LogP contribution in [0.15, 0.2) is 0 Å². The lowest BCUT2D eigenvalue weighted by molar-refractivity contribution is -0.368. The predicted octanol–water partition coefficient (Wildman–Crippen LogP) is 0.677. The molecule has 0 aromatic rings. The first kappa shape index (κ1) is 6.34. The van der Waals surface area contributed by atoms with Crippen molar-refractivity contribution in [3.05, 3.63) is 0 Å². The maximum Gasteiger partial charge on any atom is 0.579 e. The molecule has 2 heteroatoms. The molecule has 0 N–H and O–H groups in total. The highest BCUT2D eigenvalue weighted by Gasteiger charge is 2.06. The molecule has 0 saturated carbocycles. The topological polar surface area (TPSA) is 28.4 Å². The Bertz CT molecular complexity index is 76.1. The quantitative estimate of drug-likeness (QED) is 0.470. The van der Waals surface area contributed by atoms with Crippen LogP contribution in [0, 0.1) is 0 Å². The average molecular weight is 101 g/mol. The Morgan fingerprint density at radius 3 is 2.57 bits per heavy atom. The van der Waals surface area contributed by atoms with E-state index in [1.54, 1.807) is 0 Å². The highest BCUT2D eigenvalue weighted by molar-refractivity contribution is 5.66. The molecule has 0 rings (SSSR count). The first-order valence-corrected chi connectivity index (χ1v) is 2.26. The van der Waals surface area contributed by atoms with E-state index < -0.39 is 0 Å². The summed E-state index contributed by atoms with van der Waals surface area (Å²) in [6.07, 6.45) is 1.30. The summed E-state index contributed by atoms with van der Waals surface area (Å²) in [5.41, 5.74) is 0. The zero-order valence-electron chi connectivity index (χ0n) is 4.44. The molecule has 0 aromatic carbocycles. The summed E-state index contributed by atoms with van der Waals surface area (Å²) in [7, 11) is 0. The van der Waals surface area contributed by atoms with Crippen molar-refractivity contribution in [2.45, 2.75) is 19.8 Å². The molecule has 0 spiro atoms. The third kappa shape index (κ3) is 3.16. The van der Waals surface area contributed by atoms with Crippen molar-refractivity contribution in [2.24, 2.45) is 0 Å². The average Bonchev–Trinajstić information content (AvgIpc) is 1.68. The van der Waals surface area contributed by atoms with Crippen molar-refractivity contribution in [2.75, 3.05) is 0 Å². The van der Waals surface area contributed by atoms with Gasteiger partial charge in [0.1, 0.15) is 6.42 Å². The van der Waals surface area contributed by atoms with E-state index >= 15 is 0 Å². The van der Waals surface area contributed by atoms with Gasteiger partial charge in [0.15, 0.2) is 6.79 Å². The summed E-state index contributed by atoms with van der Waals surface area (Å²) >= 11 is 0. The van der Waals surface area contributed by atoms with Gasteiger partial charge in [0.2, 0.25) is 0 Å². The van der Waals surface area contributed by atoms with Crippen molar-refractivity contribution >= 4 is 12.8 Å². The van der Waals surface area contributed by atoms with Gasteiger partial charge >= 0.3 is 5.97 Å².